The number of rotatable bonds is 7. The highest BCUT2D eigenvalue weighted by Gasteiger charge is 2.53. The van der Waals surface area contributed by atoms with Gasteiger partial charge in [-0.3, -0.25) is 0 Å². The lowest BCUT2D eigenvalue weighted by atomic mass is 9.60. The number of aryl methyl sites for hydroxylation is 2. The van der Waals surface area contributed by atoms with Crippen LogP contribution < -0.4 is 26.2 Å². The van der Waals surface area contributed by atoms with E-state index in [2.05, 4.69) is 51.0 Å². The SMILES string of the molecule is Cc1cc(Nc2ncc(C)c(Nc3ccccc3P(C)(C)=O)n2)ccc1N1CC2(CC(NC(=O)OC(C)(C)C)C2)C1. The third kappa shape index (κ3) is 6.67. The minimum atomic E-state index is -2.46. The van der Waals surface area contributed by atoms with E-state index in [0.717, 1.165) is 48.2 Å². The Kier molecular flexibility index (Phi) is 7.53. The topological polar surface area (TPSA) is 108 Å². The highest BCUT2D eigenvalue weighted by atomic mass is 31.2. The number of para-hydroxylation sites is 1. The first-order valence-electron chi connectivity index (χ1n) is 14.1. The van der Waals surface area contributed by atoms with Crippen molar-refractivity contribution in [1.29, 1.82) is 0 Å². The van der Waals surface area contributed by atoms with E-state index in [0.29, 0.717) is 11.8 Å². The smallest absolute Gasteiger partial charge is 0.407 e. The Morgan fingerprint density at radius 3 is 2.41 bits per heavy atom. The largest absolute Gasteiger partial charge is 0.444 e. The summed E-state index contributed by atoms with van der Waals surface area (Å²) in [4.78, 5) is 23.7. The molecule has 0 radical (unpaired) electrons. The van der Waals surface area contributed by atoms with Crippen molar-refractivity contribution in [2.45, 2.75) is 59.1 Å². The molecule has 2 aliphatic rings. The zero-order chi connectivity index (χ0) is 29.6. The summed E-state index contributed by atoms with van der Waals surface area (Å²) in [5, 5.41) is 10.5. The van der Waals surface area contributed by atoms with Gasteiger partial charge in [-0.25, -0.2) is 9.78 Å². The molecule has 3 aromatic rings. The van der Waals surface area contributed by atoms with Crippen molar-refractivity contribution in [3.05, 3.63) is 59.8 Å². The number of benzene rings is 2. The van der Waals surface area contributed by atoms with Crippen LogP contribution >= 0.6 is 7.14 Å². The molecule has 2 heterocycles. The van der Waals surface area contributed by atoms with Gasteiger partial charge in [0.05, 0.1) is 5.69 Å². The molecule has 5 rings (SSSR count). The summed E-state index contributed by atoms with van der Waals surface area (Å²) >= 11 is 0. The number of anilines is 5. The fourth-order valence-electron chi connectivity index (χ4n) is 5.78. The second-order valence-corrected chi connectivity index (χ2v) is 16.1. The summed E-state index contributed by atoms with van der Waals surface area (Å²) in [6.45, 7) is 15.2. The molecule has 10 heteroatoms. The molecular weight excluding hydrogens is 535 g/mol. The molecule has 0 bridgehead atoms. The van der Waals surface area contributed by atoms with E-state index < -0.39 is 12.7 Å². The van der Waals surface area contributed by atoms with Gasteiger partial charge in [0, 0.05) is 53.0 Å². The molecule has 9 nitrogen and oxygen atoms in total. The van der Waals surface area contributed by atoms with Crippen molar-refractivity contribution in [3.63, 3.8) is 0 Å². The maximum absolute atomic E-state index is 12.8. The Balaban J connectivity index is 1.19. The summed E-state index contributed by atoms with van der Waals surface area (Å²) in [7, 11) is -2.46. The summed E-state index contributed by atoms with van der Waals surface area (Å²) in [5.74, 6) is 1.15. The van der Waals surface area contributed by atoms with E-state index in [1.807, 2.05) is 52.0 Å². The van der Waals surface area contributed by atoms with Gasteiger partial charge in [0.2, 0.25) is 5.95 Å². The standard InChI is InChI=1S/C31H41N6O3P/c1-20-14-22(12-13-25(20)37-18-31(19-37)15-23(16-31)34-29(38)40-30(3,4)5)33-28-32-17-21(2)27(36-28)35-24-10-8-9-11-26(24)41(6,7)39/h8-14,17,23H,15-16,18-19H2,1-7H3,(H,34,38)(H2,32,33,35,36). The summed E-state index contributed by atoms with van der Waals surface area (Å²) < 4.78 is 18.2. The van der Waals surface area contributed by atoms with Crippen LogP contribution in [-0.4, -0.2) is 54.1 Å². The van der Waals surface area contributed by atoms with Gasteiger partial charge >= 0.3 is 6.09 Å². The Morgan fingerprint density at radius 2 is 1.76 bits per heavy atom. The molecule has 3 N–H and O–H groups in total. The van der Waals surface area contributed by atoms with Crippen molar-refractivity contribution < 1.29 is 14.1 Å². The van der Waals surface area contributed by atoms with E-state index >= 15 is 0 Å². The quantitative estimate of drug-likeness (QED) is 0.281. The number of carbonyl (C=O) groups excluding carboxylic acids is 1. The molecule has 2 aromatic carbocycles. The minimum Gasteiger partial charge on any atom is -0.444 e. The summed E-state index contributed by atoms with van der Waals surface area (Å²) in [5.41, 5.74) is 4.79. The van der Waals surface area contributed by atoms with Crippen molar-refractivity contribution in [2.75, 3.05) is 42.0 Å². The number of nitrogens with zero attached hydrogens (tertiary/aromatic N) is 3. The number of amides is 1. The lowest BCUT2D eigenvalue weighted by molar-refractivity contribution is 0.0215. The molecule has 41 heavy (non-hydrogen) atoms. The highest BCUT2D eigenvalue weighted by molar-refractivity contribution is 7.70. The number of nitrogens with one attached hydrogen (secondary N) is 3. The third-order valence-corrected chi connectivity index (χ3v) is 9.19. The van der Waals surface area contributed by atoms with Crippen LogP contribution in [0.3, 0.4) is 0 Å². The Labute approximate surface area is 242 Å². The molecule has 1 aliphatic heterocycles. The number of hydrogen-bond donors (Lipinski definition) is 3. The van der Waals surface area contributed by atoms with Gasteiger partial charge in [0.1, 0.15) is 18.6 Å². The van der Waals surface area contributed by atoms with Crippen LogP contribution in [0, 0.1) is 19.3 Å². The van der Waals surface area contributed by atoms with E-state index in [4.69, 9.17) is 9.72 Å². The van der Waals surface area contributed by atoms with Crippen molar-refractivity contribution in [2.24, 2.45) is 5.41 Å². The predicted octanol–water partition coefficient (Wildman–Crippen LogP) is 6.32. The number of hydrogen-bond acceptors (Lipinski definition) is 8. The van der Waals surface area contributed by atoms with Gasteiger partial charge in [0.25, 0.3) is 0 Å². The normalized spacial score (nSPS) is 16.5. The molecule has 0 atom stereocenters. The molecule has 1 aromatic heterocycles. The van der Waals surface area contributed by atoms with Crippen LogP contribution in [-0.2, 0) is 9.30 Å². The van der Waals surface area contributed by atoms with E-state index in [1.165, 1.54) is 11.3 Å². The fourth-order valence-corrected chi connectivity index (χ4v) is 6.93. The predicted molar refractivity (Wildman–Crippen MR) is 167 cm³/mol. The molecule has 218 valence electrons. The first-order chi connectivity index (χ1) is 19.2. The molecule has 1 saturated carbocycles. The van der Waals surface area contributed by atoms with Crippen LogP contribution in [0.25, 0.3) is 0 Å². The molecule has 1 amide bonds. The van der Waals surface area contributed by atoms with Gasteiger partial charge in [-0.1, -0.05) is 12.1 Å². The van der Waals surface area contributed by atoms with Crippen LogP contribution in [0.15, 0.2) is 48.7 Å². The molecule has 0 unspecified atom stereocenters. The Bertz CT molecular complexity index is 1500. The first-order valence-corrected chi connectivity index (χ1v) is 16.7. The third-order valence-electron chi connectivity index (χ3n) is 7.63. The molecular formula is C31H41N6O3P. The van der Waals surface area contributed by atoms with E-state index in [-0.39, 0.29) is 17.6 Å². The number of carbonyl (C=O) groups is 1. The number of alkyl carbamates (subject to hydrolysis) is 1. The van der Waals surface area contributed by atoms with Gasteiger partial charge in [-0.15, -0.1) is 0 Å². The minimum absolute atomic E-state index is 0.190. The van der Waals surface area contributed by atoms with Crippen LogP contribution in [0.5, 0.6) is 0 Å². The molecule has 1 aliphatic carbocycles. The maximum atomic E-state index is 12.8. The zero-order valence-electron chi connectivity index (χ0n) is 25.0. The first kappa shape index (κ1) is 28.9. The lowest BCUT2D eigenvalue weighted by Crippen LogP contribution is -2.67. The Hall–Kier alpha value is -3.58. The van der Waals surface area contributed by atoms with Crippen molar-refractivity contribution in [3.8, 4) is 0 Å². The highest BCUT2D eigenvalue weighted by Crippen LogP contribution is 2.50. The van der Waals surface area contributed by atoms with Crippen molar-refractivity contribution in [1.82, 2.24) is 15.3 Å². The second kappa shape index (κ2) is 10.7. The van der Waals surface area contributed by atoms with Crippen molar-refractivity contribution >= 4 is 47.4 Å². The Morgan fingerprint density at radius 1 is 1.05 bits per heavy atom. The monoisotopic (exact) mass is 576 g/mol. The van der Waals surface area contributed by atoms with Crippen LogP contribution in [0.4, 0.5) is 33.6 Å². The fraction of sp³-hybridized carbons (Fsp3) is 0.452. The average molecular weight is 577 g/mol. The van der Waals surface area contributed by atoms with Gasteiger partial charge in [-0.2, -0.15) is 4.98 Å². The number of aromatic nitrogens is 2. The molecule has 2 fully saturated rings. The number of ether oxygens (including phenoxy) is 1. The van der Waals surface area contributed by atoms with Gasteiger partial charge < -0.3 is 30.2 Å². The summed E-state index contributed by atoms with van der Waals surface area (Å²) in [6, 6.07) is 14.1. The van der Waals surface area contributed by atoms with E-state index in [9.17, 15) is 9.36 Å². The summed E-state index contributed by atoms with van der Waals surface area (Å²) in [6.07, 6.45) is 3.43. The lowest BCUT2D eigenvalue weighted by Gasteiger charge is -2.60. The average Bonchev–Trinajstić information content (AvgIpc) is 2.81. The van der Waals surface area contributed by atoms with Crippen LogP contribution in [0.2, 0.25) is 0 Å². The van der Waals surface area contributed by atoms with E-state index in [1.54, 1.807) is 19.5 Å². The van der Waals surface area contributed by atoms with Crippen LogP contribution in [0.1, 0.15) is 44.7 Å². The van der Waals surface area contributed by atoms with Gasteiger partial charge in [0.15, 0.2) is 0 Å². The van der Waals surface area contributed by atoms with Gasteiger partial charge in [-0.05, 0) is 96.7 Å². The molecule has 1 saturated heterocycles. The second-order valence-electron chi connectivity index (χ2n) is 13.0. The zero-order valence-corrected chi connectivity index (χ0v) is 25.9. The molecule has 1 spiro atoms. The maximum Gasteiger partial charge on any atom is 0.407 e.